The molecule has 0 aliphatic heterocycles. The number of anilines is 9. The Morgan fingerprint density at radius 2 is 0.333 bits per heavy atom. The Labute approximate surface area is 322 Å². The van der Waals surface area contributed by atoms with Crippen molar-refractivity contribution in [3.05, 3.63) is 196 Å². The quantitative estimate of drug-likeness (QED) is 0.148. The first-order valence-corrected chi connectivity index (χ1v) is 18.9. The molecule has 0 aromatic heterocycles. The minimum atomic E-state index is 1.12. The summed E-state index contributed by atoms with van der Waals surface area (Å²) >= 11 is 0. The van der Waals surface area contributed by atoms with Crippen molar-refractivity contribution in [1.82, 2.24) is 0 Å². The van der Waals surface area contributed by atoms with Crippen LogP contribution < -0.4 is 14.7 Å². The molecule has 7 rings (SSSR count). The number of aryl methyl sites for hydroxylation is 6. The molecule has 7 aromatic rings. The van der Waals surface area contributed by atoms with E-state index in [1.54, 1.807) is 0 Å². The fraction of sp³-hybridized carbons (Fsp3) is 0.176. The largest absolute Gasteiger partial charge is 0.310 e. The van der Waals surface area contributed by atoms with Gasteiger partial charge < -0.3 is 14.7 Å². The summed E-state index contributed by atoms with van der Waals surface area (Å²) in [5.74, 6) is 0. The van der Waals surface area contributed by atoms with E-state index in [0.29, 0.717) is 0 Å². The topological polar surface area (TPSA) is 9.72 Å². The van der Waals surface area contributed by atoms with Crippen LogP contribution in [0.1, 0.15) is 50.1 Å². The van der Waals surface area contributed by atoms with Crippen molar-refractivity contribution in [3.63, 3.8) is 0 Å². The van der Waals surface area contributed by atoms with Crippen LogP contribution in [-0.4, -0.2) is 0 Å². The molecule has 0 radical (unpaired) electrons. The van der Waals surface area contributed by atoms with Gasteiger partial charge in [0.1, 0.15) is 0 Å². The van der Waals surface area contributed by atoms with Crippen LogP contribution in [0.4, 0.5) is 51.2 Å². The van der Waals surface area contributed by atoms with Crippen molar-refractivity contribution >= 4 is 51.2 Å². The molecule has 3 nitrogen and oxygen atoms in total. The predicted octanol–water partition coefficient (Wildman–Crippen LogP) is 14.9. The zero-order valence-corrected chi connectivity index (χ0v) is 33.2. The average Bonchev–Trinajstić information content (AvgIpc) is 3.17. The summed E-state index contributed by atoms with van der Waals surface area (Å²) in [6.45, 7) is 19.8. The van der Waals surface area contributed by atoms with Gasteiger partial charge in [0.2, 0.25) is 0 Å². The highest BCUT2D eigenvalue weighted by atomic mass is 15.2. The second-order valence-electron chi connectivity index (χ2n) is 14.9. The van der Waals surface area contributed by atoms with Gasteiger partial charge in [0.15, 0.2) is 0 Å². The van der Waals surface area contributed by atoms with Gasteiger partial charge >= 0.3 is 0 Å². The van der Waals surface area contributed by atoms with Crippen LogP contribution in [0.5, 0.6) is 0 Å². The first-order chi connectivity index (χ1) is 26.0. The summed E-state index contributed by atoms with van der Waals surface area (Å²) in [7, 11) is 0. The minimum absolute atomic E-state index is 1.12. The Morgan fingerprint density at radius 3 is 0.463 bits per heavy atom. The first-order valence-electron chi connectivity index (χ1n) is 18.9. The van der Waals surface area contributed by atoms with Crippen LogP contribution in [0.3, 0.4) is 0 Å². The highest BCUT2D eigenvalue weighted by Crippen LogP contribution is 2.53. The number of benzene rings is 7. The summed E-state index contributed by atoms with van der Waals surface area (Å²) in [4.78, 5) is 7.38. The lowest BCUT2D eigenvalue weighted by atomic mass is 9.93. The van der Waals surface area contributed by atoms with Crippen molar-refractivity contribution in [2.45, 2.75) is 62.3 Å². The maximum absolute atomic E-state index is 2.46. The van der Waals surface area contributed by atoms with E-state index in [-0.39, 0.29) is 0 Å². The fourth-order valence-electron chi connectivity index (χ4n) is 7.57. The molecule has 0 aliphatic rings. The van der Waals surface area contributed by atoms with Gasteiger partial charge in [0, 0.05) is 34.1 Å². The average molecular weight is 706 g/mol. The molecule has 0 fully saturated rings. The Hall–Kier alpha value is -6.06. The van der Waals surface area contributed by atoms with E-state index in [2.05, 4.69) is 223 Å². The summed E-state index contributed by atoms with van der Waals surface area (Å²) < 4.78 is 0. The number of nitrogens with zero attached hydrogens (tertiary/aromatic N) is 3. The molecule has 0 spiro atoms. The summed E-state index contributed by atoms with van der Waals surface area (Å²) in [5, 5.41) is 0. The van der Waals surface area contributed by atoms with E-state index in [4.69, 9.17) is 0 Å². The van der Waals surface area contributed by atoms with Gasteiger partial charge in [0.25, 0.3) is 0 Å². The van der Waals surface area contributed by atoms with Crippen molar-refractivity contribution in [2.75, 3.05) is 14.7 Å². The van der Waals surface area contributed by atoms with Gasteiger partial charge in [-0.2, -0.15) is 0 Å². The number of hydrogen-bond donors (Lipinski definition) is 0. The molecule has 0 aliphatic carbocycles. The molecule has 0 bridgehead atoms. The molecule has 0 unspecified atom stereocenters. The second-order valence-corrected chi connectivity index (χ2v) is 14.9. The van der Waals surface area contributed by atoms with E-state index in [9.17, 15) is 0 Å². The Morgan fingerprint density at radius 1 is 0.204 bits per heavy atom. The Balaban J connectivity index is 1.64. The standard InChI is InChI=1S/C51H51N3/c1-34-10-22-43(23-11-34)52(44-24-12-35(2)13-25-44)49-40(7)50(53(45-26-14-36(3)15-27-45)46-28-16-37(4)17-29-46)42(9)51(41(49)8)54(47-30-18-38(5)19-31-47)48-32-20-39(6)21-33-48/h10-33H,1-9H3. The van der Waals surface area contributed by atoms with Gasteiger partial charge in [0.05, 0.1) is 17.1 Å². The minimum Gasteiger partial charge on any atom is -0.310 e. The number of rotatable bonds is 9. The van der Waals surface area contributed by atoms with Gasteiger partial charge in [-0.1, -0.05) is 106 Å². The normalized spacial score (nSPS) is 11.1. The van der Waals surface area contributed by atoms with Crippen LogP contribution >= 0.6 is 0 Å². The van der Waals surface area contributed by atoms with Crippen LogP contribution in [-0.2, 0) is 0 Å². The third-order valence-corrected chi connectivity index (χ3v) is 10.6. The predicted molar refractivity (Wildman–Crippen MR) is 233 cm³/mol. The maximum atomic E-state index is 2.46. The first kappa shape index (κ1) is 36.3. The van der Waals surface area contributed by atoms with E-state index >= 15 is 0 Å². The van der Waals surface area contributed by atoms with Crippen molar-refractivity contribution < 1.29 is 0 Å². The molecule has 0 heterocycles. The Bertz CT molecular complexity index is 1940. The zero-order valence-electron chi connectivity index (χ0n) is 33.2. The molecular weight excluding hydrogens is 655 g/mol. The van der Waals surface area contributed by atoms with E-state index in [1.807, 2.05) is 0 Å². The monoisotopic (exact) mass is 705 g/mol. The molecule has 0 atom stereocenters. The maximum Gasteiger partial charge on any atom is 0.0562 e. The van der Waals surface area contributed by atoms with Crippen molar-refractivity contribution in [1.29, 1.82) is 0 Å². The van der Waals surface area contributed by atoms with Gasteiger partial charge in [-0.3, -0.25) is 0 Å². The smallest absolute Gasteiger partial charge is 0.0562 e. The molecule has 0 saturated carbocycles. The van der Waals surface area contributed by atoms with Gasteiger partial charge in [-0.05, 0) is 152 Å². The van der Waals surface area contributed by atoms with Crippen LogP contribution in [0.25, 0.3) is 0 Å². The van der Waals surface area contributed by atoms with E-state index in [0.717, 1.165) is 51.2 Å². The van der Waals surface area contributed by atoms with Gasteiger partial charge in [-0.25, -0.2) is 0 Å². The lowest BCUT2D eigenvalue weighted by Crippen LogP contribution is -2.22. The van der Waals surface area contributed by atoms with Crippen LogP contribution in [0.15, 0.2) is 146 Å². The summed E-state index contributed by atoms with van der Waals surface area (Å²) in [6.07, 6.45) is 0. The SMILES string of the molecule is Cc1ccc(N(c2ccc(C)cc2)c2c(C)c(N(c3ccc(C)cc3)c3ccc(C)cc3)c(C)c(N(c3ccc(C)cc3)c3ccc(C)cc3)c2C)cc1. The lowest BCUT2D eigenvalue weighted by molar-refractivity contribution is 1.13. The van der Waals surface area contributed by atoms with Crippen LogP contribution in [0.2, 0.25) is 0 Å². The second kappa shape index (κ2) is 15.1. The highest BCUT2D eigenvalue weighted by Gasteiger charge is 2.30. The molecule has 270 valence electrons. The lowest BCUT2D eigenvalue weighted by Gasteiger charge is -2.38. The summed E-state index contributed by atoms with van der Waals surface area (Å²) in [6, 6.07) is 53.6. The van der Waals surface area contributed by atoms with Crippen LogP contribution in [0, 0.1) is 62.3 Å². The molecule has 7 aromatic carbocycles. The zero-order chi connectivity index (χ0) is 38.1. The number of hydrogen-bond acceptors (Lipinski definition) is 3. The van der Waals surface area contributed by atoms with E-state index in [1.165, 1.54) is 50.1 Å². The molecule has 0 amide bonds. The molecule has 54 heavy (non-hydrogen) atoms. The molecule has 0 saturated heterocycles. The van der Waals surface area contributed by atoms with Crippen molar-refractivity contribution in [2.24, 2.45) is 0 Å². The Kier molecular flexibility index (Phi) is 10.2. The molecule has 0 N–H and O–H groups in total. The molecular formula is C51H51N3. The van der Waals surface area contributed by atoms with E-state index < -0.39 is 0 Å². The molecule has 3 heteroatoms. The third kappa shape index (κ3) is 7.15. The summed E-state index contributed by atoms with van der Waals surface area (Å²) in [5.41, 5.74) is 21.2. The highest BCUT2D eigenvalue weighted by molar-refractivity contribution is 5.97. The van der Waals surface area contributed by atoms with Gasteiger partial charge in [-0.15, -0.1) is 0 Å². The van der Waals surface area contributed by atoms with Crippen molar-refractivity contribution in [3.8, 4) is 0 Å². The third-order valence-electron chi connectivity index (χ3n) is 10.6. The fourth-order valence-corrected chi connectivity index (χ4v) is 7.57.